The first-order chi connectivity index (χ1) is 6.67. The normalized spacial score (nSPS) is 21.6. The van der Waals surface area contributed by atoms with Gasteiger partial charge in [-0.15, -0.1) is 0 Å². The molecule has 1 aliphatic carbocycles. The molecule has 0 atom stereocenters. The zero-order valence-electron chi connectivity index (χ0n) is 8.32. The van der Waals surface area contributed by atoms with E-state index in [1.807, 2.05) is 0 Å². The maximum Gasteiger partial charge on any atom is 0.319 e. The second-order valence-electron chi connectivity index (χ2n) is 3.62. The van der Waals surface area contributed by atoms with Gasteiger partial charge in [0, 0.05) is 0 Å². The summed E-state index contributed by atoms with van der Waals surface area (Å²) >= 11 is 0. The molecule has 0 aromatic rings. The SMILES string of the molecule is COC(=O)C1(/C(N)=N/O)CCCCC1. The molecule has 0 aromatic heterocycles. The molecule has 0 saturated heterocycles. The standard InChI is InChI=1S/C9H16N2O3/c1-14-8(12)9(7(10)11-13)5-3-2-4-6-9/h13H,2-6H2,1H3,(H2,10,11). The molecule has 14 heavy (non-hydrogen) atoms. The fourth-order valence-electron chi connectivity index (χ4n) is 2.01. The van der Waals surface area contributed by atoms with E-state index >= 15 is 0 Å². The highest BCUT2D eigenvalue weighted by Gasteiger charge is 2.44. The quantitative estimate of drug-likeness (QED) is 0.227. The first-order valence-corrected chi connectivity index (χ1v) is 4.74. The maximum absolute atomic E-state index is 11.6. The number of rotatable bonds is 2. The van der Waals surface area contributed by atoms with Gasteiger partial charge in [-0.2, -0.15) is 0 Å². The van der Waals surface area contributed by atoms with Crippen molar-refractivity contribution in [3.05, 3.63) is 0 Å². The molecular weight excluding hydrogens is 184 g/mol. The summed E-state index contributed by atoms with van der Waals surface area (Å²) in [5.74, 6) is -0.420. The minimum atomic E-state index is -0.887. The van der Waals surface area contributed by atoms with Crippen LogP contribution in [-0.4, -0.2) is 24.1 Å². The van der Waals surface area contributed by atoms with Crippen molar-refractivity contribution >= 4 is 11.8 Å². The van der Waals surface area contributed by atoms with Gasteiger partial charge in [-0.1, -0.05) is 24.4 Å². The van der Waals surface area contributed by atoms with E-state index in [4.69, 9.17) is 15.7 Å². The molecule has 3 N–H and O–H groups in total. The number of carbonyl (C=O) groups excluding carboxylic acids is 1. The van der Waals surface area contributed by atoms with Crippen LogP contribution >= 0.6 is 0 Å². The van der Waals surface area contributed by atoms with E-state index in [-0.39, 0.29) is 5.84 Å². The predicted molar refractivity (Wildman–Crippen MR) is 50.9 cm³/mol. The van der Waals surface area contributed by atoms with Crippen molar-refractivity contribution in [1.29, 1.82) is 0 Å². The van der Waals surface area contributed by atoms with E-state index in [9.17, 15) is 4.79 Å². The van der Waals surface area contributed by atoms with Crippen LogP contribution in [0.2, 0.25) is 0 Å². The summed E-state index contributed by atoms with van der Waals surface area (Å²) < 4.78 is 4.71. The number of hydrogen-bond acceptors (Lipinski definition) is 4. The van der Waals surface area contributed by atoms with E-state index in [0.717, 1.165) is 19.3 Å². The summed E-state index contributed by atoms with van der Waals surface area (Å²) in [7, 11) is 1.32. The molecule has 5 heteroatoms. The van der Waals surface area contributed by atoms with Gasteiger partial charge < -0.3 is 15.7 Å². The Bertz CT molecular complexity index is 244. The Balaban J connectivity index is 2.94. The van der Waals surface area contributed by atoms with Crippen molar-refractivity contribution in [3.8, 4) is 0 Å². The van der Waals surface area contributed by atoms with Gasteiger partial charge in [-0.3, -0.25) is 4.79 Å². The van der Waals surface area contributed by atoms with Crippen LogP contribution in [0.3, 0.4) is 0 Å². The Morgan fingerprint density at radius 1 is 1.43 bits per heavy atom. The van der Waals surface area contributed by atoms with Crippen molar-refractivity contribution in [3.63, 3.8) is 0 Å². The zero-order valence-corrected chi connectivity index (χ0v) is 8.32. The molecule has 0 unspecified atom stereocenters. The van der Waals surface area contributed by atoms with Crippen LogP contribution in [0.25, 0.3) is 0 Å². The van der Waals surface area contributed by atoms with Crippen LogP contribution in [0.1, 0.15) is 32.1 Å². The lowest BCUT2D eigenvalue weighted by Crippen LogP contribution is -2.46. The van der Waals surface area contributed by atoms with Crippen molar-refractivity contribution < 1.29 is 14.7 Å². The fraction of sp³-hybridized carbons (Fsp3) is 0.778. The Hall–Kier alpha value is -1.26. The number of esters is 1. The number of nitrogens with two attached hydrogens (primary N) is 1. The number of hydrogen-bond donors (Lipinski definition) is 2. The van der Waals surface area contributed by atoms with Gasteiger partial charge in [0.25, 0.3) is 0 Å². The highest BCUT2D eigenvalue weighted by Crippen LogP contribution is 2.37. The second-order valence-corrected chi connectivity index (χ2v) is 3.62. The Kier molecular flexibility index (Phi) is 3.33. The van der Waals surface area contributed by atoms with E-state index in [1.54, 1.807) is 0 Å². The minimum Gasteiger partial charge on any atom is -0.468 e. The Morgan fingerprint density at radius 3 is 2.43 bits per heavy atom. The molecule has 1 rings (SSSR count). The average molecular weight is 200 g/mol. The van der Waals surface area contributed by atoms with E-state index < -0.39 is 11.4 Å². The van der Waals surface area contributed by atoms with E-state index in [0.29, 0.717) is 12.8 Å². The van der Waals surface area contributed by atoms with Gasteiger partial charge >= 0.3 is 5.97 Å². The molecule has 80 valence electrons. The monoisotopic (exact) mass is 200 g/mol. The molecule has 0 spiro atoms. The van der Waals surface area contributed by atoms with Crippen LogP contribution in [0, 0.1) is 5.41 Å². The van der Waals surface area contributed by atoms with Gasteiger partial charge in [0.05, 0.1) is 7.11 Å². The van der Waals surface area contributed by atoms with Crippen molar-refractivity contribution in [2.75, 3.05) is 7.11 Å². The van der Waals surface area contributed by atoms with Crippen molar-refractivity contribution in [2.45, 2.75) is 32.1 Å². The number of methoxy groups -OCH3 is 1. The van der Waals surface area contributed by atoms with Gasteiger partial charge in [0.2, 0.25) is 0 Å². The highest BCUT2D eigenvalue weighted by atomic mass is 16.5. The van der Waals surface area contributed by atoms with Crippen LogP contribution in [0.5, 0.6) is 0 Å². The zero-order chi connectivity index (χ0) is 10.6. The summed E-state index contributed by atoms with van der Waals surface area (Å²) in [6, 6.07) is 0. The van der Waals surface area contributed by atoms with E-state index in [1.165, 1.54) is 7.11 Å². The lowest BCUT2D eigenvalue weighted by atomic mass is 9.73. The van der Waals surface area contributed by atoms with Gasteiger partial charge in [0.1, 0.15) is 5.41 Å². The first kappa shape index (κ1) is 10.8. The summed E-state index contributed by atoms with van der Waals surface area (Å²) in [6.45, 7) is 0. The molecule has 1 fully saturated rings. The van der Waals surface area contributed by atoms with Crippen LogP contribution in [0.4, 0.5) is 0 Å². The predicted octanol–water partition coefficient (Wildman–Crippen LogP) is 0.856. The smallest absolute Gasteiger partial charge is 0.319 e. The third-order valence-electron chi connectivity index (χ3n) is 2.88. The number of amidine groups is 1. The topological polar surface area (TPSA) is 84.9 Å². The first-order valence-electron chi connectivity index (χ1n) is 4.74. The van der Waals surface area contributed by atoms with E-state index in [2.05, 4.69) is 5.16 Å². The fourth-order valence-corrected chi connectivity index (χ4v) is 2.01. The maximum atomic E-state index is 11.6. The molecule has 0 aromatic carbocycles. The number of carbonyl (C=O) groups is 1. The summed E-state index contributed by atoms with van der Waals surface area (Å²) in [5.41, 5.74) is 4.67. The van der Waals surface area contributed by atoms with Gasteiger partial charge in [-0.05, 0) is 12.8 Å². The van der Waals surface area contributed by atoms with Gasteiger partial charge in [-0.25, -0.2) is 0 Å². The molecule has 0 bridgehead atoms. The molecule has 0 heterocycles. The highest BCUT2D eigenvalue weighted by molar-refractivity contribution is 6.04. The van der Waals surface area contributed by atoms with Crippen molar-refractivity contribution in [1.82, 2.24) is 0 Å². The number of nitrogens with zero attached hydrogens (tertiary/aromatic N) is 1. The molecule has 0 aliphatic heterocycles. The van der Waals surface area contributed by atoms with Crippen LogP contribution in [-0.2, 0) is 9.53 Å². The molecule has 1 aliphatic rings. The molecule has 0 amide bonds. The third-order valence-corrected chi connectivity index (χ3v) is 2.88. The average Bonchev–Trinajstić information content (AvgIpc) is 2.27. The lowest BCUT2D eigenvalue weighted by Gasteiger charge is -2.32. The minimum absolute atomic E-state index is 0.0240. The second kappa shape index (κ2) is 4.30. The number of oxime groups is 1. The van der Waals surface area contributed by atoms with Crippen molar-refractivity contribution in [2.24, 2.45) is 16.3 Å². The number of ether oxygens (including phenoxy) is 1. The van der Waals surface area contributed by atoms with Crippen LogP contribution < -0.4 is 5.73 Å². The molecule has 0 radical (unpaired) electrons. The third kappa shape index (κ3) is 1.66. The molecule has 5 nitrogen and oxygen atoms in total. The summed E-state index contributed by atoms with van der Waals surface area (Å²) in [4.78, 5) is 11.6. The molecule has 1 saturated carbocycles. The van der Waals surface area contributed by atoms with Gasteiger partial charge in [0.15, 0.2) is 5.84 Å². The summed E-state index contributed by atoms with van der Waals surface area (Å²) in [5, 5.41) is 11.6. The summed E-state index contributed by atoms with van der Waals surface area (Å²) in [6.07, 6.45) is 4.11. The molecular formula is C9H16N2O3. The van der Waals surface area contributed by atoms with Crippen LogP contribution in [0.15, 0.2) is 5.16 Å². The Labute approximate surface area is 82.9 Å². The lowest BCUT2D eigenvalue weighted by molar-refractivity contribution is -0.150. The largest absolute Gasteiger partial charge is 0.468 e. The Morgan fingerprint density at radius 2 is 2.00 bits per heavy atom.